The number of likely N-dealkylation sites (tertiary alicyclic amines) is 1. The second kappa shape index (κ2) is 9.81. The molecule has 216 valence electrons. The quantitative estimate of drug-likeness (QED) is 0.501. The Morgan fingerprint density at radius 1 is 1.15 bits per heavy atom. The Morgan fingerprint density at radius 3 is 2.56 bits per heavy atom. The van der Waals surface area contributed by atoms with Gasteiger partial charge in [0.25, 0.3) is 5.91 Å². The number of nitrogens with zero attached hydrogens (tertiary/aromatic N) is 5. The first kappa shape index (κ1) is 27.2. The summed E-state index contributed by atoms with van der Waals surface area (Å²) in [6, 6.07) is 6.12. The molecule has 0 radical (unpaired) electrons. The number of rotatable bonds is 4. The largest absolute Gasteiger partial charge is 0.485 e. The fourth-order valence-electron chi connectivity index (χ4n) is 6.21. The van der Waals surface area contributed by atoms with E-state index in [1.165, 1.54) is 11.0 Å². The molecular formula is C30H35FN6O4. The first-order valence-corrected chi connectivity index (χ1v) is 14.2. The summed E-state index contributed by atoms with van der Waals surface area (Å²) in [7, 11) is 0. The number of nitrogens with two attached hydrogens (primary N) is 1. The number of anilines is 1. The molecule has 3 aliphatic heterocycles. The molecule has 0 bridgehead atoms. The second-order valence-corrected chi connectivity index (χ2v) is 12.4. The maximum atomic E-state index is 15.4. The summed E-state index contributed by atoms with van der Waals surface area (Å²) in [5.74, 6) is -0.0366. The maximum absolute atomic E-state index is 15.4. The Labute approximate surface area is 238 Å². The number of fused-ring (bicyclic) bond motifs is 1. The number of hydrogen-bond donors (Lipinski definition) is 1. The van der Waals surface area contributed by atoms with Crippen LogP contribution in [0.2, 0.25) is 0 Å². The second-order valence-electron chi connectivity index (χ2n) is 12.4. The Hall–Kier alpha value is -4.02. The van der Waals surface area contributed by atoms with Crippen molar-refractivity contribution in [1.82, 2.24) is 20.0 Å². The number of benzene rings is 1. The van der Waals surface area contributed by atoms with Crippen molar-refractivity contribution in [2.45, 2.75) is 76.4 Å². The maximum Gasteiger partial charge on any atom is 0.324 e. The topological polar surface area (TPSA) is 128 Å². The van der Waals surface area contributed by atoms with Crippen LogP contribution in [0.25, 0.3) is 11.3 Å². The zero-order valence-electron chi connectivity index (χ0n) is 23.8. The Balaban J connectivity index is 1.18. The summed E-state index contributed by atoms with van der Waals surface area (Å²) in [4.78, 5) is 37.3. The van der Waals surface area contributed by atoms with E-state index in [-0.39, 0.29) is 16.9 Å². The molecular weight excluding hydrogens is 527 g/mol. The molecule has 1 aromatic carbocycles. The average Bonchev–Trinajstić information content (AvgIpc) is 3.68. The first-order valence-electron chi connectivity index (χ1n) is 14.2. The van der Waals surface area contributed by atoms with Crippen molar-refractivity contribution in [3.63, 3.8) is 0 Å². The van der Waals surface area contributed by atoms with E-state index in [2.05, 4.69) is 47.7 Å². The molecule has 2 atom stereocenters. The van der Waals surface area contributed by atoms with Gasteiger partial charge < -0.3 is 24.8 Å². The van der Waals surface area contributed by atoms with Gasteiger partial charge >= 0.3 is 6.01 Å². The Morgan fingerprint density at radius 2 is 1.90 bits per heavy atom. The van der Waals surface area contributed by atoms with Crippen LogP contribution in [0.4, 0.5) is 10.4 Å². The highest BCUT2D eigenvalue weighted by atomic mass is 19.1. The fraction of sp³-hybridized carbons (Fsp3) is 0.500. The average molecular weight is 563 g/mol. The van der Waals surface area contributed by atoms with E-state index >= 15 is 4.39 Å². The highest BCUT2D eigenvalue weighted by Gasteiger charge is 2.48. The third-order valence-electron chi connectivity index (χ3n) is 8.77. The number of carbonyl (C=O) groups is 2. The van der Waals surface area contributed by atoms with Gasteiger partial charge in [-0.1, -0.05) is 32.9 Å². The van der Waals surface area contributed by atoms with E-state index in [4.69, 9.17) is 15.0 Å². The zero-order valence-corrected chi connectivity index (χ0v) is 23.8. The van der Waals surface area contributed by atoms with Gasteiger partial charge in [-0.2, -0.15) is 4.98 Å². The summed E-state index contributed by atoms with van der Waals surface area (Å²) in [6.45, 7) is 10.1. The molecule has 1 spiro atoms. The lowest BCUT2D eigenvalue weighted by Crippen LogP contribution is -2.49. The lowest BCUT2D eigenvalue weighted by Gasteiger charge is -2.40. The van der Waals surface area contributed by atoms with Crippen LogP contribution >= 0.6 is 0 Å². The molecule has 5 heterocycles. The van der Waals surface area contributed by atoms with Crippen molar-refractivity contribution in [3.05, 3.63) is 53.2 Å². The van der Waals surface area contributed by atoms with Gasteiger partial charge in [0, 0.05) is 60.5 Å². The molecule has 0 saturated carbocycles. The van der Waals surface area contributed by atoms with Crippen LogP contribution in [0.3, 0.4) is 0 Å². The molecule has 6 rings (SSSR count). The number of aromatic nitrogens is 3. The molecule has 2 saturated heterocycles. The normalized spacial score (nSPS) is 21.7. The van der Waals surface area contributed by atoms with Crippen LogP contribution in [0.1, 0.15) is 81.0 Å². The third kappa shape index (κ3) is 4.70. The van der Waals surface area contributed by atoms with Crippen molar-refractivity contribution in [2.24, 2.45) is 5.73 Å². The molecule has 2 unspecified atom stereocenters. The SMILES string of the molecule is CC1c2cc(-c3ccc(C(=O)N4CCCC4C(N)=O)cc3F)ncc2OC12CCN(c1nc(C(C)(C)C)no1)CC2. The molecule has 0 aliphatic carbocycles. The molecule has 3 aliphatic rings. The molecule has 11 heteroatoms. The van der Waals surface area contributed by atoms with Crippen molar-refractivity contribution in [1.29, 1.82) is 0 Å². The number of carbonyl (C=O) groups excluding carboxylic acids is 2. The Bertz CT molecular complexity index is 1510. The minimum absolute atomic E-state index is 0.0685. The van der Waals surface area contributed by atoms with Gasteiger partial charge in [0.15, 0.2) is 5.82 Å². The van der Waals surface area contributed by atoms with E-state index < -0.39 is 29.3 Å². The molecule has 2 N–H and O–H groups in total. The number of primary amides is 1. The number of amides is 2. The smallest absolute Gasteiger partial charge is 0.324 e. The number of halogens is 1. The molecule has 41 heavy (non-hydrogen) atoms. The fourth-order valence-corrected chi connectivity index (χ4v) is 6.21. The number of pyridine rings is 1. The number of piperidine rings is 1. The summed E-state index contributed by atoms with van der Waals surface area (Å²) < 4.78 is 27.4. The van der Waals surface area contributed by atoms with Gasteiger partial charge in [0.05, 0.1) is 11.9 Å². The first-order chi connectivity index (χ1) is 19.5. The highest BCUT2D eigenvalue weighted by molar-refractivity contribution is 5.98. The van der Waals surface area contributed by atoms with Crippen LogP contribution in [0, 0.1) is 5.82 Å². The number of ether oxygens (including phenoxy) is 1. The highest BCUT2D eigenvalue weighted by Crippen LogP contribution is 2.50. The molecule has 2 amide bonds. The van der Waals surface area contributed by atoms with E-state index in [1.807, 2.05) is 6.07 Å². The third-order valence-corrected chi connectivity index (χ3v) is 8.77. The monoisotopic (exact) mass is 562 g/mol. The van der Waals surface area contributed by atoms with Gasteiger partial charge in [0.1, 0.15) is 23.2 Å². The lowest BCUT2D eigenvalue weighted by molar-refractivity contribution is -0.121. The zero-order chi connectivity index (χ0) is 29.1. The van der Waals surface area contributed by atoms with Gasteiger partial charge in [0.2, 0.25) is 5.91 Å². The molecule has 3 aromatic rings. The summed E-state index contributed by atoms with van der Waals surface area (Å²) in [5, 5.41) is 4.15. The van der Waals surface area contributed by atoms with E-state index in [0.717, 1.165) is 18.4 Å². The van der Waals surface area contributed by atoms with E-state index in [1.54, 1.807) is 18.3 Å². The van der Waals surface area contributed by atoms with Crippen LogP contribution in [0.5, 0.6) is 5.75 Å². The van der Waals surface area contributed by atoms with Crippen molar-refractivity contribution in [2.75, 3.05) is 24.5 Å². The minimum Gasteiger partial charge on any atom is -0.485 e. The van der Waals surface area contributed by atoms with Crippen LogP contribution in [-0.4, -0.2) is 63.1 Å². The lowest BCUT2D eigenvalue weighted by atomic mass is 9.78. The van der Waals surface area contributed by atoms with E-state index in [9.17, 15) is 9.59 Å². The van der Waals surface area contributed by atoms with Crippen LogP contribution in [-0.2, 0) is 10.2 Å². The predicted molar refractivity (Wildman–Crippen MR) is 149 cm³/mol. The molecule has 2 fully saturated rings. The van der Waals surface area contributed by atoms with Crippen LogP contribution < -0.4 is 15.4 Å². The summed E-state index contributed by atoms with van der Waals surface area (Å²) in [5.41, 5.74) is 6.80. The predicted octanol–water partition coefficient (Wildman–Crippen LogP) is 4.19. The van der Waals surface area contributed by atoms with Gasteiger partial charge in [-0.3, -0.25) is 14.6 Å². The minimum atomic E-state index is -0.655. The summed E-state index contributed by atoms with van der Waals surface area (Å²) in [6.07, 6.45) is 4.40. The van der Waals surface area contributed by atoms with Gasteiger partial charge in [-0.25, -0.2) is 4.39 Å². The van der Waals surface area contributed by atoms with Gasteiger partial charge in [-0.15, -0.1) is 0 Å². The molecule has 2 aromatic heterocycles. The van der Waals surface area contributed by atoms with E-state index in [0.29, 0.717) is 61.3 Å². The van der Waals surface area contributed by atoms with Crippen molar-refractivity contribution >= 4 is 17.8 Å². The standard InChI is InChI=1S/C30H35FN6O4/c1-17-20-15-22(19-8-7-18(14-21(19)31)26(39)37-11-5-6-23(37)25(32)38)33-16-24(20)40-30(17)9-12-36(13-10-30)28-34-27(35-41-28)29(2,3)4/h7-8,14-17,23H,5-6,9-13H2,1-4H3,(H2,32,38). The Kier molecular flexibility index (Phi) is 6.50. The summed E-state index contributed by atoms with van der Waals surface area (Å²) >= 11 is 0. The molecule has 10 nitrogen and oxygen atoms in total. The number of hydrogen-bond acceptors (Lipinski definition) is 8. The van der Waals surface area contributed by atoms with Crippen LogP contribution in [0.15, 0.2) is 35.0 Å². The van der Waals surface area contributed by atoms with Gasteiger partial charge in [-0.05, 0) is 37.1 Å². The van der Waals surface area contributed by atoms with Crippen molar-refractivity contribution in [3.8, 4) is 17.0 Å². The van der Waals surface area contributed by atoms with Crippen molar-refractivity contribution < 1.29 is 23.2 Å².